The van der Waals surface area contributed by atoms with Gasteiger partial charge in [0.1, 0.15) is 5.82 Å². The highest BCUT2D eigenvalue weighted by atomic mass is 16.1. The molecule has 0 fully saturated rings. The van der Waals surface area contributed by atoms with E-state index in [1.54, 1.807) is 12.4 Å². The van der Waals surface area contributed by atoms with Crippen molar-refractivity contribution in [3.8, 4) is 0 Å². The van der Waals surface area contributed by atoms with Gasteiger partial charge in [-0.1, -0.05) is 18.2 Å². The molecule has 98 valence electrons. The summed E-state index contributed by atoms with van der Waals surface area (Å²) in [4.78, 5) is 19.3. The third-order valence-corrected chi connectivity index (χ3v) is 3.37. The number of para-hydroxylation sites is 1. The Bertz CT molecular complexity index is 565. The maximum Gasteiger partial charge on any atom is 0.229 e. The first-order chi connectivity index (χ1) is 9.34. The molecule has 0 radical (unpaired) electrons. The molecule has 0 bridgehead atoms. The number of hydrogen-bond donors (Lipinski definition) is 3. The highest BCUT2D eigenvalue weighted by Crippen LogP contribution is 2.30. The van der Waals surface area contributed by atoms with Crippen molar-refractivity contribution < 1.29 is 4.79 Å². The summed E-state index contributed by atoms with van der Waals surface area (Å²) in [7, 11) is 0. The second-order valence-corrected chi connectivity index (χ2v) is 4.60. The van der Waals surface area contributed by atoms with Crippen molar-refractivity contribution in [2.75, 3.05) is 18.4 Å². The van der Waals surface area contributed by atoms with Crippen LogP contribution in [0.5, 0.6) is 0 Å². The molecule has 19 heavy (non-hydrogen) atoms. The summed E-state index contributed by atoms with van der Waals surface area (Å²) in [6, 6.07) is 7.95. The van der Waals surface area contributed by atoms with Gasteiger partial charge < -0.3 is 15.6 Å². The number of nitrogens with one attached hydrogen (secondary N) is 3. The molecule has 1 atom stereocenters. The molecule has 1 aromatic carbocycles. The fourth-order valence-electron chi connectivity index (χ4n) is 2.38. The predicted molar refractivity (Wildman–Crippen MR) is 73.0 cm³/mol. The fraction of sp³-hybridized carbons (Fsp3) is 0.286. The molecule has 5 heteroatoms. The first kappa shape index (κ1) is 11.8. The third kappa shape index (κ3) is 2.45. The summed E-state index contributed by atoms with van der Waals surface area (Å²) in [6.07, 6.45) is 4.23. The summed E-state index contributed by atoms with van der Waals surface area (Å²) < 4.78 is 0. The summed E-state index contributed by atoms with van der Waals surface area (Å²) in [5.41, 5.74) is 2.15. The van der Waals surface area contributed by atoms with Crippen LogP contribution in [0.2, 0.25) is 0 Å². The van der Waals surface area contributed by atoms with E-state index in [0.717, 1.165) is 23.5 Å². The highest BCUT2D eigenvalue weighted by molar-refractivity contribution is 5.88. The van der Waals surface area contributed by atoms with Gasteiger partial charge in [0, 0.05) is 37.6 Å². The minimum absolute atomic E-state index is 0.0732. The lowest BCUT2D eigenvalue weighted by Crippen LogP contribution is -2.32. The van der Waals surface area contributed by atoms with Gasteiger partial charge >= 0.3 is 0 Å². The van der Waals surface area contributed by atoms with Gasteiger partial charge in [-0.2, -0.15) is 0 Å². The molecule has 3 rings (SSSR count). The van der Waals surface area contributed by atoms with Crippen LogP contribution >= 0.6 is 0 Å². The normalized spacial score (nSPS) is 16.7. The molecule has 1 aromatic heterocycles. The van der Waals surface area contributed by atoms with Gasteiger partial charge in [0.2, 0.25) is 5.91 Å². The van der Waals surface area contributed by atoms with Crippen molar-refractivity contribution in [3.05, 3.63) is 48.0 Å². The van der Waals surface area contributed by atoms with E-state index in [1.165, 1.54) is 0 Å². The molecule has 5 nitrogen and oxygen atoms in total. The second-order valence-electron chi connectivity index (χ2n) is 4.60. The number of aromatic nitrogens is 2. The zero-order valence-corrected chi connectivity index (χ0v) is 10.5. The van der Waals surface area contributed by atoms with Crippen molar-refractivity contribution in [3.63, 3.8) is 0 Å². The lowest BCUT2D eigenvalue weighted by Gasteiger charge is -2.10. The topological polar surface area (TPSA) is 69.8 Å². The van der Waals surface area contributed by atoms with Gasteiger partial charge in [0.05, 0.1) is 5.92 Å². The number of hydrogen-bond acceptors (Lipinski definition) is 3. The number of carbonyl (C=O) groups excluding carboxylic acids is 1. The number of nitrogens with zero attached hydrogens (tertiary/aromatic N) is 1. The molecular weight excluding hydrogens is 240 g/mol. The van der Waals surface area contributed by atoms with Crippen LogP contribution in [0.4, 0.5) is 5.69 Å². The summed E-state index contributed by atoms with van der Waals surface area (Å²) in [5.74, 6) is 0.877. The van der Waals surface area contributed by atoms with E-state index in [4.69, 9.17) is 0 Å². The number of amides is 1. The molecular formula is C14H16N4O. The van der Waals surface area contributed by atoms with Crippen LogP contribution in [0.3, 0.4) is 0 Å². The molecule has 0 spiro atoms. The number of aromatic amines is 1. The van der Waals surface area contributed by atoms with E-state index < -0.39 is 0 Å². The standard InChI is InChI=1S/C14H16N4O/c19-14(17-6-5-13-15-7-8-16-13)11-9-18-12-4-2-1-3-10(11)12/h1-4,7-8,11,18H,5-6,9H2,(H,15,16)(H,17,19). The van der Waals surface area contributed by atoms with Crippen molar-refractivity contribution in [1.82, 2.24) is 15.3 Å². The number of imidazole rings is 1. The van der Waals surface area contributed by atoms with Crippen LogP contribution in [0.1, 0.15) is 17.3 Å². The van der Waals surface area contributed by atoms with Crippen LogP contribution in [0, 0.1) is 0 Å². The first-order valence-electron chi connectivity index (χ1n) is 6.43. The zero-order valence-electron chi connectivity index (χ0n) is 10.5. The Morgan fingerprint density at radius 3 is 3.16 bits per heavy atom. The molecule has 2 heterocycles. The Hall–Kier alpha value is -2.30. The molecule has 1 amide bonds. The Balaban J connectivity index is 1.57. The Kier molecular flexibility index (Phi) is 3.18. The molecule has 1 unspecified atom stereocenters. The Morgan fingerprint density at radius 1 is 1.42 bits per heavy atom. The number of carbonyl (C=O) groups is 1. The van der Waals surface area contributed by atoms with E-state index in [2.05, 4.69) is 20.6 Å². The van der Waals surface area contributed by atoms with Crippen molar-refractivity contribution in [2.45, 2.75) is 12.3 Å². The van der Waals surface area contributed by atoms with Gasteiger partial charge in [-0.15, -0.1) is 0 Å². The fourth-order valence-corrected chi connectivity index (χ4v) is 2.38. The van der Waals surface area contributed by atoms with E-state index in [0.29, 0.717) is 13.1 Å². The number of H-pyrrole nitrogens is 1. The monoisotopic (exact) mass is 256 g/mol. The van der Waals surface area contributed by atoms with E-state index in [-0.39, 0.29) is 11.8 Å². The highest BCUT2D eigenvalue weighted by Gasteiger charge is 2.27. The van der Waals surface area contributed by atoms with Gasteiger partial charge in [0.25, 0.3) is 0 Å². The van der Waals surface area contributed by atoms with Gasteiger partial charge in [-0.3, -0.25) is 4.79 Å². The average molecular weight is 256 g/mol. The van der Waals surface area contributed by atoms with E-state index >= 15 is 0 Å². The molecule has 0 saturated carbocycles. The minimum Gasteiger partial charge on any atom is -0.384 e. The lowest BCUT2D eigenvalue weighted by molar-refractivity contribution is -0.122. The summed E-state index contributed by atoms with van der Waals surface area (Å²) >= 11 is 0. The van der Waals surface area contributed by atoms with Crippen LogP contribution < -0.4 is 10.6 Å². The Morgan fingerprint density at radius 2 is 2.32 bits per heavy atom. The quantitative estimate of drug-likeness (QED) is 0.771. The molecule has 0 saturated heterocycles. The summed E-state index contributed by atoms with van der Waals surface area (Å²) in [5, 5.41) is 6.22. The minimum atomic E-state index is -0.0900. The molecule has 3 N–H and O–H groups in total. The van der Waals surface area contributed by atoms with Crippen molar-refractivity contribution >= 4 is 11.6 Å². The maximum atomic E-state index is 12.2. The van der Waals surface area contributed by atoms with Crippen LogP contribution in [-0.2, 0) is 11.2 Å². The van der Waals surface area contributed by atoms with Crippen LogP contribution in [-0.4, -0.2) is 29.0 Å². The lowest BCUT2D eigenvalue weighted by atomic mass is 10.0. The second kappa shape index (κ2) is 5.14. The molecule has 1 aliphatic heterocycles. The van der Waals surface area contributed by atoms with Crippen molar-refractivity contribution in [2.24, 2.45) is 0 Å². The van der Waals surface area contributed by atoms with Crippen LogP contribution in [0.15, 0.2) is 36.7 Å². The number of fused-ring (bicyclic) bond motifs is 1. The summed E-state index contributed by atoms with van der Waals surface area (Å²) in [6.45, 7) is 1.27. The first-order valence-corrected chi connectivity index (χ1v) is 6.43. The van der Waals surface area contributed by atoms with Gasteiger partial charge in [-0.05, 0) is 11.6 Å². The molecule has 1 aliphatic rings. The predicted octanol–water partition coefficient (Wildman–Crippen LogP) is 1.28. The van der Waals surface area contributed by atoms with Gasteiger partial charge in [0.15, 0.2) is 0 Å². The molecule has 2 aromatic rings. The van der Waals surface area contributed by atoms with Crippen LogP contribution in [0.25, 0.3) is 0 Å². The largest absolute Gasteiger partial charge is 0.384 e. The third-order valence-electron chi connectivity index (χ3n) is 3.37. The smallest absolute Gasteiger partial charge is 0.229 e. The zero-order chi connectivity index (χ0) is 13.1. The maximum absolute atomic E-state index is 12.2. The van der Waals surface area contributed by atoms with Gasteiger partial charge in [-0.25, -0.2) is 4.98 Å². The number of rotatable bonds is 4. The molecule has 0 aliphatic carbocycles. The average Bonchev–Trinajstić information content (AvgIpc) is 3.07. The van der Waals surface area contributed by atoms with E-state index in [1.807, 2.05) is 24.3 Å². The Labute approximate surface area is 111 Å². The number of anilines is 1. The van der Waals surface area contributed by atoms with E-state index in [9.17, 15) is 4.79 Å². The number of benzene rings is 1. The van der Waals surface area contributed by atoms with Crippen molar-refractivity contribution in [1.29, 1.82) is 0 Å². The SMILES string of the molecule is O=C(NCCc1ncc[nH]1)C1CNc2ccccc21.